The summed E-state index contributed by atoms with van der Waals surface area (Å²) in [4.78, 5) is 13.2. The van der Waals surface area contributed by atoms with Gasteiger partial charge in [-0.1, -0.05) is 93.4 Å². The average Bonchev–Trinajstić information content (AvgIpc) is 3.59. The molecule has 0 unspecified atom stereocenters. The van der Waals surface area contributed by atoms with Crippen molar-refractivity contribution in [3.05, 3.63) is 22.3 Å². The van der Waals surface area contributed by atoms with Crippen LogP contribution in [0.5, 0.6) is 11.5 Å². The topological polar surface area (TPSA) is 142 Å². The minimum Gasteiger partial charge on any atom is -0.487 e. The van der Waals surface area contributed by atoms with Gasteiger partial charge < -0.3 is 29.6 Å². The lowest BCUT2D eigenvalue weighted by Crippen LogP contribution is -2.62. The van der Waals surface area contributed by atoms with Crippen LogP contribution in [0.1, 0.15) is 200 Å². The van der Waals surface area contributed by atoms with Gasteiger partial charge in [-0.2, -0.15) is 8.42 Å². The molecular weight excluding hydrogens is 835 g/mol. The highest BCUT2D eigenvalue weighted by atomic mass is 32.2. The molecular formula is C55H93NO8S. The summed E-state index contributed by atoms with van der Waals surface area (Å²) in [6.45, 7) is 24.3. The van der Waals surface area contributed by atoms with Gasteiger partial charge in [0.2, 0.25) is 5.91 Å². The van der Waals surface area contributed by atoms with E-state index in [2.05, 4.69) is 60.7 Å². The highest BCUT2D eigenvalue weighted by Crippen LogP contribution is 2.68. The first-order valence-electron chi connectivity index (χ1n) is 26.5. The maximum atomic E-state index is 13.4. The summed E-state index contributed by atoms with van der Waals surface area (Å²) in [5.74, 6) is 4.41. The first-order valence-corrected chi connectivity index (χ1v) is 28.1. The first-order chi connectivity index (χ1) is 30.5. The van der Waals surface area contributed by atoms with Crippen LogP contribution in [0.4, 0.5) is 0 Å². The highest BCUT2D eigenvalue weighted by Gasteiger charge is 2.65. The van der Waals surface area contributed by atoms with Crippen molar-refractivity contribution < 1.29 is 37.5 Å². The number of ether oxygens (including phenoxy) is 1. The van der Waals surface area contributed by atoms with Crippen molar-refractivity contribution in [1.29, 1.82) is 0 Å². The van der Waals surface area contributed by atoms with E-state index < -0.39 is 22.3 Å². The second-order valence-corrected chi connectivity index (χ2v) is 25.8. The van der Waals surface area contributed by atoms with Crippen LogP contribution < -0.4 is 14.2 Å². The molecule has 4 saturated carbocycles. The molecule has 4 aliphatic carbocycles. The Balaban J connectivity index is 0.947. The fourth-order valence-corrected chi connectivity index (χ4v) is 15.6. The van der Waals surface area contributed by atoms with Crippen LogP contribution in [0.3, 0.4) is 0 Å². The van der Waals surface area contributed by atoms with Crippen LogP contribution in [-0.4, -0.2) is 65.9 Å². The Labute approximate surface area is 395 Å². The fourth-order valence-electron chi connectivity index (χ4n) is 14.6. The minimum absolute atomic E-state index is 0.0318. The van der Waals surface area contributed by atoms with Crippen LogP contribution in [0.15, 0.2) is 0 Å². The van der Waals surface area contributed by atoms with E-state index in [9.17, 15) is 28.5 Å². The fraction of sp³-hybridized carbons (Fsp3) is 0.873. The van der Waals surface area contributed by atoms with Crippen LogP contribution in [0.25, 0.3) is 0 Å². The standard InChI is InChI=1S/C55H93NO8S/c1-34(2)15-12-16-35(3)17-13-18-36(4)19-14-26-53(9)27-25-43-40(8)51(38(6)39(7)52(43)63-53)64-65(61,62)30-29-56-49(60)23-20-37(5)44-21-22-45-50-46(33-48(59)55(44,45)11)54(10)28-24-42(57)31-41(54)32-47(50)58/h34-37,41-42,44-48,50,57-59H,12-33H2,1-11H3,(H,56,60)/t35-,36-,37-,41+,42-,44-,45+,46+,47-,48+,50+,53+,54+,55-/m1/s1. The molecule has 65 heavy (non-hydrogen) atoms. The number of rotatable bonds is 21. The number of carbonyl (C=O) groups excluding carboxylic acids is 1. The van der Waals surface area contributed by atoms with Crippen molar-refractivity contribution in [2.75, 3.05) is 12.3 Å². The third-order valence-corrected chi connectivity index (χ3v) is 20.2. The van der Waals surface area contributed by atoms with Gasteiger partial charge in [-0.3, -0.25) is 4.79 Å². The third kappa shape index (κ3) is 11.8. The Kier molecular flexibility index (Phi) is 17.3. The quantitative estimate of drug-likeness (QED) is 0.0893. The molecule has 0 spiro atoms. The SMILES string of the molecule is Cc1c(C)c2c(c(C)c1OS(=O)(=O)CCNC(=O)CC[C@@H](C)[C@H]1CC[C@H]3[C@@H]4[C@H](O)C[C@@H]5C[C@H](O)CC[C@]5(C)[C@H]4C[C@H](O)[C@]13C)CC[C@](C)(CCC[C@H](C)CCC[C@H](C)CCCC(C)C)O2. The zero-order valence-corrected chi connectivity index (χ0v) is 43.6. The smallest absolute Gasteiger partial charge is 0.310 e. The molecule has 0 radical (unpaired) electrons. The van der Waals surface area contributed by atoms with Gasteiger partial charge in [0, 0.05) is 18.5 Å². The van der Waals surface area contributed by atoms with Gasteiger partial charge >= 0.3 is 10.1 Å². The molecule has 1 aromatic rings. The minimum atomic E-state index is -4.00. The number of carbonyl (C=O) groups is 1. The van der Waals surface area contributed by atoms with Gasteiger partial charge in [-0.25, -0.2) is 0 Å². The van der Waals surface area contributed by atoms with E-state index >= 15 is 0 Å². The van der Waals surface area contributed by atoms with Gasteiger partial charge in [0.05, 0.1) is 18.3 Å². The summed E-state index contributed by atoms with van der Waals surface area (Å²) in [6, 6.07) is 0. The molecule has 1 aliphatic heterocycles. The lowest BCUT2D eigenvalue weighted by molar-refractivity contribution is -0.207. The van der Waals surface area contributed by atoms with E-state index in [1.807, 2.05) is 20.8 Å². The molecule has 0 saturated heterocycles. The molecule has 372 valence electrons. The molecule has 1 aromatic carbocycles. The largest absolute Gasteiger partial charge is 0.487 e. The van der Waals surface area contributed by atoms with E-state index in [0.717, 1.165) is 104 Å². The molecule has 5 aliphatic rings. The van der Waals surface area contributed by atoms with E-state index in [-0.39, 0.29) is 82.7 Å². The predicted molar refractivity (Wildman–Crippen MR) is 263 cm³/mol. The lowest BCUT2D eigenvalue weighted by Gasteiger charge is -2.63. The van der Waals surface area contributed by atoms with Crippen molar-refractivity contribution >= 4 is 16.0 Å². The summed E-state index contributed by atoms with van der Waals surface area (Å²) in [6.07, 6.45) is 18.6. The van der Waals surface area contributed by atoms with Crippen LogP contribution in [-0.2, 0) is 21.3 Å². The second kappa shape index (κ2) is 21.4. The van der Waals surface area contributed by atoms with E-state index in [1.54, 1.807) is 0 Å². The van der Waals surface area contributed by atoms with Crippen molar-refractivity contribution in [2.24, 2.45) is 64.1 Å². The highest BCUT2D eigenvalue weighted by molar-refractivity contribution is 7.87. The molecule has 9 nitrogen and oxygen atoms in total. The van der Waals surface area contributed by atoms with Gasteiger partial charge in [0.1, 0.15) is 22.9 Å². The summed E-state index contributed by atoms with van der Waals surface area (Å²) < 4.78 is 39.5. The molecule has 0 bridgehead atoms. The molecule has 1 amide bonds. The Bertz CT molecular complexity index is 1880. The number of aliphatic hydroxyl groups excluding tert-OH is 3. The van der Waals surface area contributed by atoms with Crippen molar-refractivity contribution in [3.63, 3.8) is 0 Å². The van der Waals surface area contributed by atoms with Crippen LogP contribution >= 0.6 is 0 Å². The predicted octanol–water partition coefficient (Wildman–Crippen LogP) is 11.3. The van der Waals surface area contributed by atoms with E-state index in [0.29, 0.717) is 24.5 Å². The molecule has 14 atom stereocenters. The molecule has 0 aromatic heterocycles. The molecule has 1 heterocycles. The molecule has 10 heteroatoms. The number of fused-ring (bicyclic) bond motifs is 6. The van der Waals surface area contributed by atoms with E-state index in [1.165, 1.54) is 44.9 Å². The zero-order valence-electron chi connectivity index (χ0n) is 42.8. The maximum absolute atomic E-state index is 13.4. The van der Waals surface area contributed by atoms with E-state index in [4.69, 9.17) is 8.92 Å². The summed E-state index contributed by atoms with van der Waals surface area (Å²) >= 11 is 0. The molecule has 6 rings (SSSR count). The van der Waals surface area contributed by atoms with Crippen LogP contribution in [0.2, 0.25) is 0 Å². The van der Waals surface area contributed by atoms with Crippen molar-refractivity contribution in [2.45, 2.75) is 228 Å². The summed E-state index contributed by atoms with van der Waals surface area (Å²) in [5, 5.41) is 36.9. The number of hydrogen-bond acceptors (Lipinski definition) is 8. The van der Waals surface area contributed by atoms with Crippen molar-refractivity contribution in [1.82, 2.24) is 5.32 Å². The third-order valence-electron chi connectivity index (χ3n) is 19.1. The average molecular weight is 928 g/mol. The number of benzene rings is 1. The summed E-state index contributed by atoms with van der Waals surface area (Å²) in [7, 11) is -4.00. The van der Waals surface area contributed by atoms with Crippen molar-refractivity contribution in [3.8, 4) is 11.5 Å². The Hall–Kier alpha value is -1.88. The van der Waals surface area contributed by atoms with Gasteiger partial charge in [-0.05, 0) is 186 Å². The number of aliphatic hydroxyl groups is 3. The normalized spacial score (nSPS) is 34.7. The molecule has 4 N–H and O–H groups in total. The monoisotopic (exact) mass is 928 g/mol. The van der Waals surface area contributed by atoms with Gasteiger partial charge in [0.15, 0.2) is 0 Å². The Morgan fingerprint density at radius 2 is 1.46 bits per heavy atom. The first kappa shape index (κ1) is 52.5. The summed E-state index contributed by atoms with van der Waals surface area (Å²) in [5.41, 5.74) is 2.97. The number of hydrogen-bond donors (Lipinski definition) is 4. The maximum Gasteiger partial charge on any atom is 0.310 e. The van der Waals surface area contributed by atoms with Gasteiger partial charge in [0.25, 0.3) is 0 Å². The second-order valence-electron chi connectivity index (χ2n) is 24.2. The Morgan fingerprint density at radius 3 is 2.14 bits per heavy atom. The number of nitrogens with one attached hydrogen (secondary N) is 1. The number of amides is 1. The lowest BCUT2D eigenvalue weighted by atomic mass is 9.43. The van der Waals surface area contributed by atoms with Gasteiger partial charge in [-0.15, -0.1) is 0 Å². The Morgan fingerprint density at radius 1 is 0.800 bits per heavy atom. The zero-order chi connectivity index (χ0) is 47.6. The van der Waals surface area contributed by atoms with Crippen LogP contribution in [0, 0.1) is 84.9 Å². The molecule has 4 fully saturated rings.